The van der Waals surface area contributed by atoms with E-state index < -0.39 is 74.4 Å². The Morgan fingerprint density at radius 1 is 1.06 bits per heavy atom. The Balaban J connectivity index is 1.19. The number of alkyl halides is 3. The summed E-state index contributed by atoms with van der Waals surface area (Å²) in [7, 11) is -3.90. The average molecular weight is 746 g/mol. The van der Waals surface area contributed by atoms with Crippen molar-refractivity contribution in [3.05, 3.63) is 66.2 Å². The lowest BCUT2D eigenvalue weighted by atomic mass is 10.0. The molecule has 0 radical (unpaired) electrons. The number of hydrogen-bond acceptors (Lipinski definition) is 9. The third kappa shape index (κ3) is 7.71. The highest BCUT2D eigenvalue weighted by atomic mass is 32.2. The number of carbonyl (C=O) groups is 3. The van der Waals surface area contributed by atoms with Gasteiger partial charge in [-0.15, -0.1) is 0 Å². The van der Waals surface area contributed by atoms with Crippen molar-refractivity contribution < 1.29 is 40.7 Å². The molecule has 1 saturated heterocycles. The molecule has 0 spiro atoms. The SMILES string of the molecule is O=C1N[C@]2(C(=O)NS(=O)(=O)C3CC3)C[C@H]2C=CCCCCC[C@H](Nc2cccc(C(F)(F)F)c2)C(=O)N2C[C@H](Oc3nc4ccccc4s3)C[C@@H]12. The largest absolute Gasteiger partial charge is 0.465 e. The van der Waals surface area contributed by atoms with Crippen molar-refractivity contribution in [2.45, 2.75) is 92.9 Å². The molecular weight excluding hydrogens is 708 g/mol. The maximum Gasteiger partial charge on any atom is 0.416 e. The zero-order chi connectivity index (χ0) is 36.0. The second kappa shape index (κ2) is 13.7. The molecule has 5 atom stereocenters. The van der Waals surface area contributed by atoms with Crippen LogP contribution in [0.3, 0.4) is 0 Å². The number of para-hydroxylation sites is 1. The number of nitrogens with zero attached hydrogens (tertiary/aromatic N) is 2. The van der Waals surface area contributed by atoms with E-state index in [1.807, 2.05) is 36.4 Å². The number of rotatable bonds is 7. The predicted octanol–water partition coefficient (Wildman–Crippen LogP) is 5.15. The van der Waals surface area contributed by atoms with Crippen LogP contribution in [0.25, 0.3) is 10.2 Å². The molecule has 4 aliphatic rings. The number of anilines is 1. The molecule has 272 valence electrons. The van der Waals surface area contributed by atoms with Crippen molar-refractivity contribution >= 4 is 55.0 Å². The fourth-order valence-corrected chi connectivity index (χ4v) is 9.12. The van der Waals surface area contributed by atoms with Crippen molar-refractivity contribution in [1.29, 1.82) is 0 Å². The summed E-state index contributed by atoms with van der Waals surface area (Å²) in [5, 5.41) is 5.55. The number of carbonyl (C=O) groups excluding carboxylic acids is 3. The molecule has 3 fully saturated rings. The van der Waals surface area contributed by atoms with E-state index in [4.69, 9.17) is 4.74 Å². The van der Waals surface area contributed by atoms with Crippen LogP contribution in [-0.2, 0) is 30.6 Å². The smallest absolute Gasteiger partial charge is 0.416 e. The summed E-state index contributed by atoms with van der Waals surface area (Å²) in [5.74, 6) is -2.42. The maximum atomic E-state index is 14.4. The molecule has 16 heteroatoms. The number of hydrogen-bond donors (Lipinski definition) is 3. The normalized spacial score (nSPS) is 27.5. The van der Waals surface area contributed by atoms with Crippen LogP contribution >= 0.6 is 11.3 Å². The van der Waals surface area contributed by atoms with Crippen LogP contribution in [0.1, 0.15) is 63.4 Å². The fraction of sp³-hybridized carbons (Fsp3) is 0.486. The summed E-state index contributed by atoms with van der Waals surface area (Å²) in [5.41, 5.74) is -1.55. The molecule has 2 aromatic carbocycles. The number of sulfonamides is 1. The van der Waals surface area contributed by atoms with Crippen LogP contribution in [0.5, 0.6) is 5.19 Å². The summed E-state index contributed by atoms with van der Waals surface area (Å²) in [6.45, 7) is -0.0216. The first-order valence-corrected chi connectivity index (χ1v) is 19.5. The lowest BCUT2D eigenvalue weighted by molar-refractivity contribution is -0.140. The van der Waals surface area contributed by atoms with Crippen molar-refractivity contribution in [2.24, 2.45) is 5.92 Å². The number of fused-ring (bicyclic) bond motifs is 3. The van der Waals surface area contributed by atoms with Gasteiger partial charge in [0.05, 0.1) is 27.6 Å². The highest BCUT2D eigenvalue weighted by Crippen LogP contribution is 2.46. The van der Waals surface area contributed by atoms with Gasteiger partial charge in [-0.1, -0.05) is 54.5 Å². The van der Waals surface area contributed by atoms with Crippen LogP contribution in [0.15, 0.2) is 60.7 Å². The van der Waals surface area contributed by atoms with Crippen molar-refractivity contribution in [3.63, 3.8) is 0 Å². The van der Waals surface area contributed by atoms with Crippen LogP contribution in [0.4, 0.5) is 18.9 Å². The van der Waals surface area contributed by atoms with Crippen LogP contribution in [0, 0.1) is 5.92 Å². The number of amides is 3. The Kier molecular flexibility index (Phi) is 9.50. The minimum atomic E-state index is -4.58. The lowest BCUT2D eigenvalue weighted by Gasteiger charge is -2.30. The van der Waals surface area contributed by atoms with Gasteiger partial charge in [0.25, 0.3) is 11.1 Å². The number of benzene rings is 2. The third-order valence-electron chi connectivity index (χ3n) is 9.92. The number of ether oxygens (including phenoxy) is 1. The lowest BCUT2D eigenvalue weighted by Crippen LogP contribution is -2.57. The van der Waals surface area contributed by atoms with Gasteiger partial charge < -0.3 is 20.3 Å². The second-order valence-electron chi connectivity index (χ2n) is 13.7. The van der Waals surface area contributed by atoms with E-state index in [0.29, 0.717) is 37.3 Å². The summed E-state index contributed by atoms with van der Waals surface area (Å²) in [4.78, 5) is 48.2. The Labute approximate surface area is 297 Å². The molecule has 3 N–H and O–H groups in total. The molecule has 0 unspecified atom stereocenters. The zero-order valence-electron chi connectivity index (χ0n) is 27.5. The van der Waals surface area contributed by atoms with Crippen LogP contribution < -0.4 is 20.1 Å². The summed E-state index contributed by atoms with van der Waals surface area (Å²) >= 11 is 1.32. The third-order valence-corrected chi connectivity index (χ3v) is 12.7. The predicted molar refractivity (Wildman–Crippen MR) is 184 cm³/mol. The van der Waals surface area contributed by atoms with E-state index in [0.717, 1.165) is 35.2 Å². The molecule has 7 rings (SSSR count). The molecular formula is C35H38F3N5O6S2. The minimum Gasteiger partial charge on any atom is -0.465 e. The Hall–Kier alpha value is -4.18. The highest BCUT2D eigenvalue weighted by molar-refractivity contribution is 7.91. The number of allylic oxidation sites excluding steroid dienone is 1. The van der Waals surface area contributed by atoms with Crippen molar-refractivity contribution in [3.8, 4) is 5.19 Å². The van der Waals surface area contributed by atoms with E-state index in [9.17, 15) is 36.0 Å². The van der Waals surface area contributed by atoms with Gasteiger partial charge in [0.2, 0.25) is 21.8 Å². The van der Waals surface area contributed by atoms with Crippen molar-refractivity contribution in [1.82, 2.24) is 19.9 Å². The topological polar surface area (TPSA) is 147 Å². The van der Waals surface area contributed by atoms with Gasteiger partial charge in [0, 0.05) is 18.0 Å². The molecule has 51 heavy (non-hydrogen) atoms. The summed E-state index contributed by atoms with van der Waals surface area (Å²) < 4.78 is 75.5. The summed E-state index contributed by atoms with van der Waals surface area (Å²) in [6.07, 6.45) is 2.63. The van der Waals surface area contributed by atoms with Gasteiger partial charge in [-0.05, 0) is 68.9 Å². The average Bonchev–Trinajstić information content (AvgIpc) is 3.98. The van der Waals surface area contributed by atoms with E-state index in [1.54, 1.807) is 0 Å². The van der Waals surface area contributed by atoms with E-state index in [2.05, 4.69) is 20.3 Å². The maximum absolute atomic E-state index is 14.4. The highest BCUT2D eigenvalue weighted by Gasteiger charge is 2.62. The molecule has 3 amide bonds. The molecule has 1 aromatic heterocycles. The molecule has 11 nitrogen and oxygen atoms in total. The minimum absolute atomic E-state index is 0.0216. The first-order chi connectivity index (χ1) is 24.3. The van der Waals surface area contributed by atoms with Gasteiger partial charge in [-0.2, -0.15) is 13.2 Å². The van der Waals surface area contributed by atoms with Crippen LogP contribution in [-0.4, -0.2) is 71.5 Å². The molecule has 0 bridgehead atoms. The Bertz CT molecular complexity index is 1930. The molecule has 3 aromatic rings. The van der Waals surface area contributed by atoms with E-state index in [1.165, 1.54) is 28.4 Å². The number of aromatic nitrogens is 1. The molecule has 2 aliphatic carbocycles. The van der Waals surface area contributed by atoms with Gasteiger partial charge in [-0.3, -0.25) is 19.1 Å². The molecule has 2 aliphatic heterocycles. The first-order valence-electron chi connectivity index (χ1n) is 17.1. The number of halogens is 3. The van der Waals surface area contributed by atoms with E-state index >= 15 is 0 Å². The second-order valence-corrected chi connectivity index (χ2v) is 16.7. The summed E-state index contributed by atoms with van der Waals surface area (Å²) in [6, 6.07) is 9.99. The first kappa shape index (κ1) is 35.2. The number of thiazole rings is 1. The van der Waals surface area contributed by atoms with Gasteiger partial charge >= 0.3 is 6.18 Å². The van der Waals surface area contributed by atoms with Gasteiger partial charge in [-0.25, -0.2) is 13.4 Å². The standard InChI is InChI=1S/C35H38F3N5O6S2/c36-35(37,38)21-10-8-11-23(17-21)39-27-13-5-3-1-2-4-9-22-19-34(22,32(46)42-51(47,48)25-15-16-25)41-30(44)28-18-24(20-43(28)31(27)45)49-33-40-26-12-6-7-14-29(26)50-33/h4,6-12,14,17,22,24-25,27-28,39H,1-3,5,13,15-16,18-20H2,(H,41,44)(H,42,46)/t22-,24-,27+,28+,34-/m1/s1. The Morgan fingerprint density at radius 3 is 2.63 bits per heavy atom. The van der Waals surface area contributed by atoms with Crippen LogP contribution in [0.2, 0.25) is 0 Å². The number of nitrogens with one attached hydrogen (secondary N) is 3. The monoisotopic (exact) mass is 745 g/mol. The molecule has 3 heterocycles. The zero-order valence-corrected chi connectivity index (χ0v) is 29.2. The molecule has 2 saturated carbocycles. The van der Waals surface area contributed by atoms with Gasteiger partial charge in [0.15, 0.2) is 0 Å². The van der Waals surface area contributed by atoms with Gasteiger partial charge in [0.1, 0.15) is 23.7 Å². The van der Waals surface area contributed by atoms with Crippen molar-refractivity contribution in [2.75, 3.05) is 11.9 Å². The fourth-order valence-electron chi connectivity index (χ4n) is 6.88. The quantitative estimate of drug-likeness (QED) is 0.282. The van der Waals surface area contributed by atoms with E-state index in [-0.39, 0.29) is 25.1 Å². The Morgan fingerprint density at radius 2 is 1.86 bits per heavy atom.